The van der Waals surface area contributed by atoms with Gasteiger partial charge < -0.3 is 188 Å². The van der Waals surface area contributed by atoms with Crippen LogP contribution in [0.5, 0.6) is 0 Å². The monoisotopic (exact) mass is 1570 g/mol. The Hall–Kier alpha value is -1.52. The summed E-state index contributed by atoms with van der Waals surface area (Å²) in [6, 6.07) is 0. The predicted molar refractivity (Wildman–Crippen MR) is 353 cm³/mol. The van der Waals surface area contributed by atoms with Gasteiger partial charge in [-0.15, -0.1) is 0 Å². The lowest BCUT2D eigenvalue weighted by molar-refractivity contribution is -0.414. The fourth-order valence-corrected chi connectivity index (χ4v) is 20.4. The molecule has 626 valence electrons. The molecule has 22 N–H and O–H groups in total. The summed E-state index contributed by atoms with van der Waals surface area (Å²) in [6.07, 6.45) is -57.3. The Morgan fingerprint density at radius 1 is 0.389 bits per heavy atom. The first-order valence-electron chi connectivity index (χ1n) is 38.2. The van der Waals surface area contributed by atoms with Gasteiger partial charge in [0.05, 0.1) is 64.6 Å². The summed E-state index contributed by atoms with van der Waals surface area (Å²) < 4.78 is 97.2. The maximum atomic E-state index is 12.2. The van der Waals surface area contributed by atoms with Crippen LogP contribution in [0, 0.1) is 52.3 Å². The molecule has 0 aromatic rings. The highest BCUT2D eigenvalue weighted by Crippen LogP contribution is 2.71. The van der Waals surface area contributed by atoms with Gasteiger partial charge in [-0.2, -0.15) is 0 Å². The van der Waals surface area contributed by atoms with Crippen LogP contribution in [0.15, 0.2) is 0 Å². The molecule has 0 amide bonds. The standard InChI is InChI=1S/C70H118O38/c1-24(23-94-61-50(87)46(83)41(78)33(17-71)97-61)9-14-70(93-6)25(2)39-32(108-70)16-31-29-8-7-27-15-28(10-12-68(27,4)30(29)11-13-69(31,39)5)96-63-53(90)48(85)57(38(22-76)101-63)104-67-60(107-66-55(92)58(43(80)35(19-73)99-66)105-64-52(89)47(84)42(79)34(18-72)98-64)59(44(81)36(20-74)100-67)106-65-54(91)49(86)56(37(21-75)102-65)103-62-51(88)45(82)40(77)26(3)95-62/h24-67,71-92H,7-23H2,1-6H3/t24-,25+,26+,27+,28+,29-,30+,31+,32+,33-,34-,35-,36-,37-,38-,39+,40+,41-,42-,43-,44-,45-,46+,47+,48-,49-,50-,51-,52-,53-,54-,55-,56-,57+,58+,59+,60-,61-,62+,63-,64+,65-,66?,67-,68+,69+,70-/m1/s1. The summed E-state index contributed by atoms with van der Waals surface area (Å²) in [4.78, 5) is 0. The van der Waals surface area contributed by atoms with Gasteiger partial charge in [0.15, 0.2) is 49.8 Å². The minimum Gasteiger partial charge on any atom is -0.394 e. The molecule has 47 atom stereocenters. The van der Waals surface area contributed by atoms with Crippen molar-refractivity contribution in [2.45, 2.75) is 332 Å². The average molecular weight is 1570 g/mol. The van der Waals surface area contributed by atoms with Gasteiger partial charge in [-0.25, -0.2) is 0 Å². The highest BCUT2D eigenvalue weighted by molar-refractivity contribution is 5.16. The lowest BCUT2D eigenvalue weighted by Crippen LogP contribution is -2.69. The maximum Gasteiger partial charge on any atom is 0.187 e. The molecule has 12 rings (SSSR count). The van der Waals surface area contributed by atoms with Crippen LogP contribution in [0.1, 0.15) is 98.8 Å². The Labute approximate surface area is 623 Å². The average Bonchev–Trinajstić information content (AvgIpc) is 1.52. The Kier molecular flexibility index (Phi) is 27.8. The summed E-state index contributed by atoms with van der Waals surface area (Å²) >= 11 is 0. The predicted octanol–water partition coefficient (Wildman–Crippen LogP) is -8.80. The first kappa shape index (κ1) is 85.8. The topological polar surface area (TPSA) is 593 Å². The van der Waals surface area contributed by atoms with E-state index >= 15 is 0 Å². The molecule has 4 saturated carbocycles. The van der Waals surface area contributed by atoms with Crippen LogP contribution in [0.25, 0.3) is 0 Å². The lowest BCUT2D eigenvalue weighted by Gasteiger charge is -2.61. The molecule has 0 bridgehead atoms. The fourth-order valence-electron chi connectivity index (χ4n) is 20.4. The van der Waals surface area contributed by atoms with Crippen LogP contribution >= 0.6 is 0 Å². The molecule has 0 aromatic heterocycles. The lowest BCUT2D eigenvalue weighted by atomic mass is 9.44. The highest BCUT2D eigenvalue weighted by atomic mass is 16.8. The zero-order valence-electron chi connectivity index (χ0n) is 61.3. The number of hydrogen-bond donors (Lipinski definition) is 22. The number of methoxy groups -OCH3 is 1. The molecular formula is C70H118O38. The number of rotatable bonds is 25. The molecule has 0 spiro atoms. The molecule has 8 heterocycles. The van der Waals surface area contributed by atoms with Crippen LogP contribution < -0.4 is 0 Å². The Balaban J connectivity index is 0.721. The van der Waals surface area contributed by atoms with Gasteiger partial charge in [-0.05, 0) is 111 Å². The third kappa shape index (κ3) is 16.0. The molecule has 8 saturated heterocycles. The van der Waals surface area contributed by atoms with E-state index in [1.54, 1.807) is 7.11 Å². The molecule has 12 fully saturated rings. The summed E-state index contributed by atoms with van der Waals surface area (Å²) in [5.41, 5.74) is -0.124. The van der Waals surface area contributed by atoms with Crippen molar-refractivity contribution in [1.29, 1.82) is 0 Å². The van der Waals surface area contributed by atoms with E-state index in [0.29, 0.717) is 43.4 Å². The van der Waals surface area contributed by atoms with Crippen molar-refractivity contribution in [2.75, 3.05) is 53.4 Å². The van der Waals surface area contributed by atoms with E-state index in [-0.39, 0.29) is 47.2 Å². The second-order valence-corrected chi connectivity index (χ2v) is 32.8. The summed E-state index contributed by atoms with van der Waals surface area (Å²) in [6.45, 7) is 4.98. The van der Waals surface area contributed by atoms with Crippen molar-refractivity contribution < 1.29 is 188 Å². The van der Waals surface area contributed by atoms with Crippen molar-refractivity contribution in [3.8, 4) is 0 Å². The number of ether oxygens (including phenoxy) is 16. The Bertz CT molecular complexity index is 2840. The minimum atomic E-state index is -2.30. The van der Waals surface area contributed by atoms with Crippen LogP contribution in [-0.4, -0.2) is 399 Å². The van der Waals surface area contributed by atoms with Gasteiger partial charge in [0.2, 0.25) is 0 Å². The van der Waals surface area contributed by atoms with E-state index in [2.05, 4.69) is 20.8 Å². The summed E-state index contributed by atoms with van der Waals surface area (Å²) in [5.74, 6) is 0.759. The van der Waals surface area contributed by atoms with Crippen LogP contribution in [0.2, 0.25) is 0 Å². The molecular weight excluding hydrogens is 1450 g/mol. The van der Waals surface area contributed by atoms with E-state index in [0.717, 1.165) is 38.5 Å². The highest BCUT2D eigenvalue weighted by Gasteiger charge is 2.70. The third-order valence-electron chi connectivity index (χ3n) is 26.7. The van der Waals surface area contributed by atoms with Crippen molar-refractivity contribution in [2.24, 2.45) is 52.3 Å². The van der Waals surface area contributed by atoms with Crippen molar-refractivity contribution in [3.05, 3.63) is 0 Å². The second-order valence-electron chi connectivity index (χ2n) is 32.8. The zero-order valence-corrected chi connectivity index (χ0v) is 61.3. The SMILES string of the molecule is CO[C@]1(CC[C@@H](C)CO[C@@H]2O[C@H](CO)[C@@H](O)[C@H](O)[C@H]2O)O[C@H]2C[C@H]3[C@@H]4CC[C@H]5C[C@@H](O[C@@H]6O[C@H](CO)[C@H](O[C@H]7O[C@H](CO)[C@@H](O)[C@H](O[C@H]8O[C@H](CO)[C@@H](O[C@@H]9O[C@@H](C)[C@H](O)[C@@H](O)[C@H]9O)[C@H](O)[C@H]8O)[C@H]7OC7O[C@H](CO)[C@@H](O)[C@H](O[C@@H]8O[C@H](CO)[C@@H](O)[C@H](O)[C@H]8O)[C@H]7O)[C@H](O)[C@H]6O)CC[C@]5(C)[C@H]4CC[C@]3(C)[C@H]2[C@@H]1C. The quantitative estimate of drug-likeness (QED) is 0.0378. The van der Waals surface area contributed by atoms with Crippen molar-refractivity contribution in [3.63, 3.8) is 0 Å². The molecule has 108 heavy (non-hydrogen) atoms. The first-order chi connectivity index (χ1) is 51.3. The largest absolute Gasteiger partial charge is 0.394 e. The van der Waals surface area contributed by atoms with E-state index in [9.17, 15) is 112 Å². The second kappa shape index (κ2) is 35.0. The molecule has 12 aliphatic rings. The summed E-state index contributed by atoms with van der Waals surface area (Å²) in [7, 11) is 1.69. The minimum absolute atomic E-state index is 0.0326. The number of fused-ring (bicyclic) bond motifs is 7. The Morgan fingerprint density at radius 3 is 1.39 bits per heavy atom. The molecule has 4 aliphatic carbocycles. The van der Waals surface area contributed by atoms with Crippen molar-refractivity contribution in [1.82, 2.24) is 0 Å². The van der Waals surface area contributed by atoms with E-state index in [4.69, 9.17) is 75.8 Å². The Morgan fingerprint density at radius 2 is 0.824 bits per heavy atom. The van der Waals surface area contributed by atoms with E-state index in [1.165, 1.54) is 6.92 Å². The molecule has 0 radical (unpaired) electrons. The van der Waals surface area contributed by atoms with E-state index < -0.39 is 266 Å². The summed E-state index contributed by atoms with van der Waals surface area (Å²) in [5, 5.41) is 241. The molecule has 0 aromatic carbocycles. The maximum absolute atomic E-state index is 12.2. The van der Waals surface area contributed by atoms with Crippen LogP contribution in [-0.2, 0) is 75.8 Å². The molecule has 1 unspecified atom stereocenters. The van der Waals surface area contributed by atoms with Gasteiger partial charge >= 0.3 is 0 Å². The van der Waals surface area contributed by atoms with Gasteiger partial charge in [0.1, 0.15) is 165 Å². The van der Waals surface area contributed by atoms with Crippen LogP contribution in [0.3, 0.4) is 0 Å². The molecule has 8 aliphatic heterocycles. The van der Waals surface area contributed by atoms with Crippen molar-refractivity contribution >= 4 is 0 Å². The first-order valence-corrected chi connectivity index (χ1v) is 38.2. The number of hydrogen-bond acceptors (Lipinski definition) is 38. The number of aliphatic hydroxyl groups excluding tert-OH is 22. The third-order valence-corrected chi connectivity index (χ3v) is 26.7. The fraction of sp³-hybridized carbons (Fsp3) is 1.00. The van der Waals surface area contributed by atoms with Gasteiger partial charge in [0, 0.05) is 19.4 Å². The zero-order chi connectivity index (χ0) is 78.2. The van der Waals surface area contributed by atoms with Crippen LogP contribution in [0.4, 0.5) is 0 Å². The smallest absolute Gasteiger partial charge is 0.187 e. The van der Waals surface area contributed by atoms with E-state index in [1.807, 2.05) is 6.92 Å². The molecule has 38 heteroatoms. The van der Waals surface area contributed by atoms with Gasteiger partial charge in [-0.1, -0.05) is 27.7 Å². The van der Waals surface area contributed by atoms with Gasteiger partial charge in [-0.3, -0.25) is 0 Å². The molecule has 38 nitrogen and oxygen atoms in total. The normalized spacial score (nSPS) is 55.1. The number of aliphatic hydroxyl groups is 22. The van der Waals surface area contributed by atoms with Gasteiger partial charge in [0.25, 0.3) is 0 Å².